The fourth-order valence-electron chi connectivity index (χ4n) is 4.93. The second-order valence-electron chi connectivity index (χ2n) is 10.3. The zero-order valence-corrected chi connectivity index (χ0v) is 23.7. The van der Waals surface area contributed by atoms with Crippen LogP contribution in [0.2, 0.25) is 0 Å². The molecule has 1 aromatic heterocycles. The fraction of sp³-hybridized carbons (Fsp3) is 0.290. The number of phenols is 1. The summed E-state index contributed by atoms with van der Waals surface area (Å²) in [7, 11) is 1.67. The van der Waals surface area contributed by atoms with Gasteiger partial charge < -0.3 is 20.6 Å². The van der Waals surface area contributed by atoms with Crippen molar-refractivity contribution in [1.82, 2.24) is 35.7 Å². The number of aryl methyl sites for hydroxylation is 1. The van der Waals surface area contributed by atoms with E-state index in [1.54, 1.807) is 54.4 Å². The first-order chi connectivity index (χ1) is 20.8. The number of benzene rings is 3. The number of carbonyl (C=O) groups excluding carboxylic acids is 3. The first kappa shape index (κ1) is 29.4. The van der Waals surface area contributed by atoms with E-state index in [9.17, 15) is 23.9 Å². The number of carbonyl (C=O) groups is 3. The molecule has 0 saturated carbocycles. The molecule has 222 valence electrons. The first-order valence-corrected chi connectivity index (χ1v) is 14.1. The van der Waals surface area contributed by atoms with Crippen LogP contribution in [0, 0.1) is 5.82 Å². The number of hydrogen-bond acceptors (Lipinski definition) is 7. The number of tetrazole rings is 1. The van der Waals surface area contributed by atoms with Crippen molar-refractivity contribution in [3.05, 3.63) is 83.2 Å². The molecule has 43 heavy (non-hydrogen) atoms. The normalized spacial score (nSPS) is 15.1. The van der Waals surface area contributed by atoms with Gasteiger partial charge in [-0.05, 0) is 72.0 Å². The SMILES string of the molecule is Cn1nnc(-c2ccc(C(=O)N3CCCNC(=O)c4cc(ccc4F)-c4cc(ccc4O)CCNC(=O)CCC3)cc2)n1. The molecule has 1 aliphatic rings. The van der Waals surface area contributed by atoms with Gasteiger partial charge in [-0.3, -0.25) is 14.4 Å². The summed E-state index contributed by atoms with van der Waals surface area (Å²) in [6.45, 7) is 1.24. The molecule has 12 heteroatoms. The second kappa shape index (κ2) is 13.2. The van der Waals surface area contributed by atoms with Gasteiger partial charge in [-0.2, -0.15) is 4.80 Å². The number of phenolic OH excluding ortho intramolecular Hbond substituents is 1. The maximum Gasteiger partial charge on any atom is 0.254 e. The van der Waals surface area contributed by atoms with E-state index < -0.39 is 11.7 Å². The average molecular weight is 586 g/mol. The maximum absolute atomic E-state index is 14.7. The first-order valence-electron chi connectivity index (χ1n) is 14.1. The molecule has 0 spiro atoms. The van der Waals surface area contributed by atoms with E-state index in [0.29, 0.717) is 61.4 Å². The van der Waals surface area contributed by atoms with Crippen LogP contribution in [-0.2, 0) is 18.3 Å². The van der Waals surface area contributed by atoms with Crippen molar-refractivity contribution >= 4 is 17.7 Å². The van der Waals surface area contributed by atoms with Gasteiger partial charge in [-0.1, -0.05) is 24.3 Å². The van der Waals surface area contributed by atoms with Crippen molar-refractivity contribution < 1.29 is 23.9 Å². The zero-order valence-electron chi connectivity index (χ0n) is 23.7. The standard InChI is InChI=1S/C31H32FN7O4/c1-38-36-29(35-37-38)21-6-8-22(9-7-21)31(43)39-16-2-4-28(41)33-15-13-20-5-12-27(40)24(18-20)23-10-11-26(32)25(19-23)30(42)34-14-3-17-39/h5-12,18-19,40H,2-4,13-17H2,1H3,(H,33,41)(H,34,42). The molecule has 0 aliphatic carbocycles. The Hall–Kier alpha value is -5.13. The number of nitrogens with one attached hydrogen (secondary N) is 2. The van der Waals surface area contributed by atoms with Crippen molar-refractivity contribution in [3.8, 4) is 28.3 Å². The van der Waals surface area contributed by atoms with Crippen LogP contribution < -0.4 is 10.6 Å². The predicted octanol–water partition coefficient (Wildman–Crippen LogP) is 3.10. The van der Waals surface area contributed by atoms with Gasteiger partial charge in [-0.15, -0.1) is 10.2 Å². The molecule has 0 fully saturated rings. The molecule has 5 rings (SSSR count). The summed E-state index contributed by atoms with van der Waals surface area (Å²) < 4.78 is 14.7. The molecule has 2 heterocycles. The Bertz CT molecular complexity index is 1640. The van der Waals surface area contributed by atoms with Crippen molar-refractivity contribution in [1.29, 1.82) is 0 Å². The molecular weight excluding hydrogens is 553 g/mol. The van der Waals surface area contributed by atoms with Crippen LogP contribution in [0.5, 0.6) is 5.75 Å². The lowest BCUT2D eigenvalue weighted by atomic mass is 9.98. The third-order valence-corrected chi connectivity index (χ3v) is 7.23. The van der Waals surface area contributed by atoms with Gasteiger partial charge in [-0.25, -0.2) is 4.39 Å². The van der Waals surface area contributed by atoms with E-state index >= 15 is 0 Å². The number of fused-ring (bicyclic) bond motifs is 5. The average Bonchev–Trinajstić information content (AvgIpc) is 3.45. The fourth-order valence-corrected chi connectivity index (χ4v) is 4.93. The Morgan fingerprint density at radius 2 is 1.65 bits per heavy atom. The predicted molar refractivity (Wildman–Crippen MR) is 157 cm³/mol. The number of halogens is 1. The monoisotopic (exact) mass is 585 g/mol. The molecule has 3 amide bonds. The molecule has 1 aliphatic heterocycles. The van der Waals surface area contributed by atoms with Gasteiger partial charge in [0.2, 0.25) is 11.7 Å². The van der Waals surface area contributed by atoms with E-state index in [2.05, 4.69) is 26.0 Å². The number of amides is 3. The van der Waals surface area contributed by atoms with Crippen molar-refractivity contribution in [2.75, 3.05) is 26.2 Å². The highest BCUT2D eigenvalue weighted by Crippen LogP contribution is 2.31. The van der Waals surface area contributed by atoms with Crippen LogP contribution in [0.25, 0.3) is 22.5 Å². The molecule has 4 aromatic rings. The summed E-state index contributed by atoms with van der Waals surface area (Å²) >= 11 is 0. The van der Waals surface area contributed by atoms with Crippen LogP contribution in [0.4, 0.5) is 4.39 Å². The maximum atomic E-state index is 14.7. The summed E-state index contributed by atoms with van der Waals surface area (Å²) in [5.74, 6) is -1.16. The van der Waals surface area contributed by atoms with Crippen LogP contribution in [-0.4, -0.2) is 74.1 Å². The molecule has 0 saturated heterocycles. The van der Waals surface area contributed by atoms with Crippen molar-refractivity contribution in [3.63, 3.8) is 0 Å². The molecule has 0 radical (unpaired) electrons. The molecule has 0 atom stereocenters. The molecule has 11 nitrogen and oxygen atoms in total. The van der Waals surface area contributed by atoms with Crippen molar-refractivity contribution in [2.24, 2.45) is 7.05 Å². The number of nitrogens with zero attached hydrogens (tertiary/aromatic N) is 5. The molecule has 3 N–H and O–H groups in total. The Labute approximate surface area is 247 Å². The van der Waals surface area contributed by atoms with E-state index in [1.165, 1.54) is 23.0 Å². The highest BCUT2D eigenvalue weighted by molar-refractivity contribution is 5.96. The minimum absolute atomic E-state index is 0.00134. The lowest BCUT2D eigenvalue weighted by molar-refractivity contribution is -0.121. The highest BCUT2D eigenvalue weighted by atomic mass is 19.1. The summed E-state index contributed by atoms with van der Waals surface area (Å²) in [6.07, 6.45) is 1.61. The Morgan fingerprint density at radius 1 is 0.884 bits per heavy atom. The van der Waals surface area contributed by atoms with Crippen molar-refractivity contribution in [2.45, 2.75) is 25.7 Å². The number of aromatic nitrogens is 4. The quantitative estimate of drug-likeness (QED) is 0.328. The Morgan fingerprint density at radius 3 is 2.42 bits per heavy atom. The van der Waals surface area contributed by atoms with E-state index in [0.717, 1.165) is 11.1 Å². The number of hydrogen-bond donors (Lipinski definition) is 3. The molecule has 0 unspecified atom stereocenters. The van der Waals surface area contributed by atoms with Gasteiger partial charge in [0, 0.05) is 49.3 Å². The largest absolute Gasteiger partial charge is 0.507 e. The number of rotatable bonds is 2. The lowest BCUT2D eigenvalue weighted by Crippen LogP contribution is -2.36. The van der Waals surface area contributed by atoms with Gasteiger partial charge in [0.15, 0.2) is 0 Å². The third-order valence-electron chi connectivity index (χ3n) is 7.23. The van der Waals surface area contributed by atoms with Gasteiger partial charge >= 0.3 is 0 Å². The Balaban J connectivity index is 1.33. The molecule has 4 bridgehead atoms. The summed E-state index contributed by atoms with van der Waals surface area (Å²) in [5.41, 5.74) is 2.86. The molecular formula is C31H32FN7O4. The Kier molecular flexibility index (Phi) is 9.04. The minimum atomic E-state index is -0.678. The second-order valence-corrected chi connectivity index (χ2v) is 10.3. The van der Waals surface area contributed by atoms with Gasteiger partial charge in [0.25, 0.3) is 11.8 Å². The third kappa shape index (κ3) is 7.21. The van der Waals surface area contributed by atoms with Crippen LogP contribution in [0.15, 0.2) is 60.7 Å². The van der Waals surface area contributed by atoms with E-state index in [4.69, 9.17) is 0 Å². The summed E-state index contributed by atoms with van der Waals surface area (Å²) in [6, 6.07) is 16.1. The van der Waals surface area contributed by atoms with Crippen LogP contribution >= 0.6 is 0 Å². The topological polar surface area (TPSA) is 142 Å². The minimum Gasteiger partial charge on any atom is -0.507 e. The van der Waals surface area contributed by atoms with Gasteiger partial charge in [0.05, 0.1) is 12.6 Å². The van der Waals surface area contributed by atoms with E-state index in [1.807, 2.05) is 0 Å². The zero-order chi connectivity index (χ0) is 30.3. The smallest absolute Gasteiger partial charge is 0.254 e. The van der Waals surface area contributed by atoms with E-state index in [-0.39, 0.29) is 36.1 Å². The molecule has 3 aromatic carbocycles. The lowest BCUT2D eigenvalue weighted by Gasteiger charge is -2.23. The summed E-state index contributed by atoms with van der Waals surface area (Å²) in [4.78, 5) is 41.9. The number of aromatic hydroxyl groups is 1. The van der Waals surface area contributed by atoms with Crippen LogP contribution in [0.3, 0.4) is 0 Å². The van der Waals surface area contributed by atoms with Crippen LogP contribution in [0.1, 0.15) is 45.5 Å². The highest BCUT2D eigenvalue weighted by Gasteiger charge is 2.19. The van der Waals surface area contributed by atoms with Gasteiger partial charge in [0.1, 0.15) is 11.6 Å². The summed E-state index contributed by atoms with van der Waals surface area (Å²) in [5, 5.41) is 28.1.